The Kier molecular flexibility index (Phi) is 11.0. The number of nitrogens with zero attached hydrogens (tertiary/aromatic N) is 4. The molecule has 3 N–H and O–H groups in total. The van der Waals surface area contributed by atoms with E-state index >= 15 is 0 Å². The molecular formula is C33H37BrFN7O5S. The number of rotatable bonds is 8. The van der Waals surface area contributed by atoms with E-state index in [9.17, 15) is 18.8 Å². The predicted molar refractivity (Wildman–Crippen MR) is 186 cm³/mol. The van der Waals surface area contributed by atoms with Gasteiger partial charge in [0.15, 0.2) is 11.5 Å². The molecule has 4 aromatic rings. The molecular weight excluding hydrogens is 705 g/mol. The van der Waals surface area contributed by atoms with Crippen molar-refractivity contribution in [2.45, 2.75) is 58.3 Å². The van der Waals surface area contributed by atoms with Crippen LogP contribution < -0.4 is 20.9 Å². The Morgan fingerprint density at radius 1 is 1.06 bits per heavy atom. The standard InChI is InChI=1S/C33H37BrFN7O5S/c1-33(2,3)47-32(45)40-29-26(39-28(48-29)21-12-13-24(35)23(34)17-21)27(43)38-25-18-36-41(4)30(25)42-15-8-11-22(14-16-42)37-31(44)46-19-20-9-6-5-7-10-20/h5-7,9-10,12-13,17-18,22H,8,11,14-16,19H2,1-4H3,(H,37,44)(H,38,43)(H,40,45)/t22-/m1/s1. The monoisotopic (exact) mass is 741 g/mol. The van der Waals surface area contributed by atoms with E-state index in [1.807, 2.05) is 30.3 Å². The molecule has 0 spiro atoms. The van der Waals surface area contributed by atoms with Gasteiger partial charge in [-0.1, -0.05) is 41.7 Å². The van der Waals surface area contributed by atoms with E-state index in [4.69, 9.17) is 9.47 Å². The number of thiazole rings is 1. The predicted octanol–water partition coefficient (Wildman–Crippen LogP) is 7.33. The van der Waals surface area contributed by atoms with E-state index in [-0.39, 0.29) is 27.8 Å². The van der Waals surface area contributed by atoms with Crippen molar-refractivity contribution in [2.24, 2.45) is 7.05 Å². The van der Waals surface area contributed by atoms with E-state index in [1.54, 1.807) is 50.8 Å². The van der Waals surface area contributed by atoms with Crippen molar-refractivity contribution < 1.29 is 28.2 Å². The van der Waals surface area contributed by atoms with Crippen molar-refractivity contribution in [3.05, 3.63) is 76.3 Å². The second-order valence-electron chi connectivity index (χ2n) is 12.2. The summed E-state index contributed by atoms with van der Waals surface area (Å²) < 4.78 is 26.7. The topological polar surface area (TPSA) is 140 Å². The SMILES string of the molecule is Cn1ncc(NC(=O)c2nc(-c3ccc(F)c(Br)c3)sc2NC(=O)OC(C)(C)C)c1N1CCC[C@@H](NC(=O)OCc2ccccc2)CC1. The lowest BCUT2D eigenvalue weighted by molar-refractivity contribution is 0.0636. The number of hydrogen-bond donors (Lipinski definition) is 3. The molecule has 0 aliphatic carbocycles. The third-order valence-corrected chi connectivity index (χ3v) is 8.97. The molecule has 2 aromatic carbocycles. The molecule has 2 aromatic heterocycles. The van der Waals surface area contributed by atoms with E-state index in [2.05, 4.69) is 46.9 Å². The number of aromatic nitrogens is 3. The largest absolute Gasteiger partial charge is 0.445 e. The normalized spacial score (nSPS) is 15.0. The van der Waals surface area contributed by atoms with Crippen LogP contribution in [0, 0.1) is 5.82 Å². The molecule has 12 nitrogen and oxygen atoms in total. The number of carbonyl (C=O) groups is 3. The first-order chi connectivity index (χ1) is 22.9. The van der Waals surface area contributed by atoms with Crippen LogP contribution in [0.4, 0.5) is 30.5 Å². The number of alkyl carbamates (subject to hydrolysis) is 1. The smallest absolute Gasteiger partial charge is 0.412 e. The summed E-state index contributed by atoms with van der Waals surface area (Å²) in [5.74, 6) is -0.326. The summed E-state index contributed by atoms with van der Waals surface area (Å²) in [6, 6.07) is 13.8. The lowest BCUT2D eigenvalue weighted by atomic mass is 10.1. The van der Waals surface area contributed by atoms with Crippen molar-refractivity contribution in [1.82, 2.24) is 20.1 Å². The summed E-state index contributed by atoms with van der Waals surface area (Å²) in [6.07, 6.45) is 2.56. The number of ether oxygens (including phenoxy) is 2. The number of nitrogens with one attached hydrogen (secondary N) is 3. The molecule has 0 unspecified atom stereocenters. The lowest BCUT2D eigenvalue weighted by Crippen LogP contribution is -2.36. The fraction of sp³-hybridized carbons (Fsp3) is 0.364. The van der Waals surface area contributed by atoms with E-state index < -0.39 is 29.5 Å². The minimum atomic E-state index is -0.767. The minimum Gasteiger partial charge on any atom is -0.445 e. The van der Waals surface area contributed by atoms with E-state index in [1.165, 1.54) is 6.07 Å². The van der Waals surface area contributed by atoms with Crippen LogP contribution in [0.15, 0.2) is 59.2 Å². The van der Waals surface area contributed by atoms with E-state index in [0.29, 0.717) is 41.6 Å². The minimum absolute atomic E-state index is 0.0368. The summed E-state index contributed by atoms with van der Waals surface area (Å²) in [6.45, 7) is 6.66. The number of benzene rings is 2. The maximum atomic E-state index is 13.9. The average Bonchev–Trinajstić information content (AvgIpc) is 3.53. The van der Waals surface area contributed by atoms with Crippen LogP contribution in [0.2, 0.25) is 0 Å². The molecule has 0 saturated carbocycles. The van der Waals surface area contributed by atoms with E-state index in [0.717, 1.165) is 29.7 Å². The summed E-state index contributed by atoms with van der Waals surface area (Å²) >= 11 is 4.26. The zero-order chi connectivity index (χ0) is 34.4. The Morgan fingerprint density at radius 2 is 1.83 bits per heavy atom. The van der Waals surface area contributed by atoms with Crippen molar-refractivity contribution in [3.8, 4) is 10.6 Å². The number of carbonyl (C=O) groups excluding carboxylic acids is 3. The van der Waals surface area contributed by atoms with Crippen LogP contribution in [0.25, 0.3) is 10.6 Å². The van der Waals surface area contributed by atoms with Crippen LogP contribution in [-0.2, 0) is 23.1 Å². The first-order valence-electron chi connectivity index (χ1n) is 15.4. The second-order valence-corrected chi connectivity index (χ2v) is 14.1. The highest BCUT2D eigenvalue weighted by Crippen LogP contribution is 2.36. The van der Waals surface area contributed by atoms with Crippen LogP contribution in [0.3, 0.4) is 0 Å². The van der Waals surface area contributed by atoms with Gasteiger partial charge in [-0.15, -0.1) is 0 Å². The Bertz CT molecular complexity index is 1780. The van der Waals surface area contributed by atoms with Crippen LogP contribution >= 0.6 is 27.3 Å². The Labute approximate surface area is 290 Å². The molecule has 3 amide bonds. The first kappa shape index (κ1) is 34.8. The fourth-order valence-electron chi connectivity index (χ4n) is 5.17. The van der Waals surface area contributed by atoms with Gasteiger partial charge in [-0.2, -0.15) is 5.10 Å². The number of halogens is 2. The molecule has 5 rings (SSSR count). The van der Waals surface area contributed by atoms with Gasteiger partial charge in [-0.25, -0.2) is 19.0 Å². The molecule has 1 aliphatic rings. The molecule has 1 fully saturated rings. The molecule has 0 radical (unpaired) electrons. The highest BCUT2D eigenvalue weighted by atomic mass is 79.9. The van der Waals surface area contributed by atoms with Gasteiger partial charge in [0.2, 0.25) is 0 Å². The molecule has 1 saturated heterocycles. The van der Waals surface area contributed by atoms with Crippen molar-refractivity contribution in [3.63, 3.8) is 0 Å². The van der Waals surface area contributed by atoms with Gasteiger partial charge in [0.05, 0.1) is 10.7 Å². The zero-order valence-electron chi connectivity index (χ0n) is 27.0. The number of aryl methyl sites for hydroxylation is 1. The van der Waals surface area contributed by atoms with Crippen LogP contribution in [0.5, 0.6) is 0 Å². The molecule has 1 aliphatic heterocycles. The molecule has 0 bridgehead atoms. The van der Waals surface area contributed by atoms with Crippen molar-refractivity contribution in [1.29, 1.82) is 0 Å². The van der Waals surface area contributed by atoms with Crippen molar-refractivity contribution >= 4 is 61.9 Å². The Hall–Kier alpha value is -4.50. The van der Waals surface area contributed by atoms with Gasteiger partial charge in [-0.05, 0) is 79.7 Å². The molecule has 48 heavy (non-hydrogen) atoms. The summed E-state index contributed by atoms with van der Waals surface area (Å²) in [7, 11) is 1.79. The third kappa shape index (κ3) is 9.10. The summed E-state index contributed by atoms with van der Waals surface area (Å²) in [5.41, 5.74) is 1.12. The summed E-state index contributed by atoms with van der Waals surface area (Å²) in [4.78, 5) is 45.6. The molecule has 3 heterocycles. The maximum Gasteiger partial charge on any atom is 0.412 e. The Morgan fingerprint density at radius 3 is 2.56 bits per heavy atom. The molecule has 254 valence electrons. The fourth-order valence-corrected chi connectivity index (χ4v) is 6.49. The van der Waals surface area contributed by atoms with Gasteiger partial charge in [-0.3, -0.25) is 14.8 Å². The zero-order valence-corrected chi connectivity index (χ0v) is 29.4. The molecule has 1 atom stereocenters. The van der Waals surface area contributed by atoms with Crippen LogP contribution in [-0.4, -0.2) is 57.6 Å². The highest BCUT2D eigenvalue weighted by molar-refractivity contribution is 9.10. The Balaban J connectivity index is 1.29. The van der Waals surface area contributed by atoms with Gasteiger partial charge in [0.1, 0.15) is 33.7 Å². The lowest BCUT2D eigenvalue weighted by Gasteiger charge is -2.24. The van der Waals surface area contributed by atoms with Gasteiger partial charge < -0.3 is 25.0 Å². The molecule has 15 heteroatoms. The van der Waals surface area contributed by atoms with Gasteiger partial charge in [0.25, 0.3) is 5.91 Å². The van der Waals surface area contributed by atoms with Gasteiger partial charge in [0, 0.05) is 31.7 Å². The highest BCUT2D eigenvalue weighted by Gasteiger charge is 2.27. The first-order valence-corrected chi connectivity index (χ1v) is 17.0. The third-order valence-electron chi connectivity index (χ3n) is 7.34. The number of amides is 3. The van der Waals surface area contributed by atoms with Crippen molar-refractivity contribution in [2.75, 3.05) is 28.6 Å². The van der Waals surface area contributed by atoms with Gasteiger partial charge >= 0.3 is 12.2 Å². The number of hydrogen-bond acceptors (Lipinski definition) is 9. The quantitative estimate of drug-likeness (QED) is 0.171. The number of anilines is 3. The second kappa shape index (κ2) is 15.2. The average molecular weight is 743 g/mol. The maximum absolute atomic E-state index is 13.9. The van der Waals surface area contributed by atoms with Crippen LogP contribution in [0.1, 0.15) is 56.1 Å². The summed E-state index contributed by atoms with van der Waals surface area (Å²) in [5, 5.41) is 13.5.